The summed E-state index contributed by atoms with van der Waals surface area (Å²) in [5, 5.41) is 4.59. The number of ether oxygens (including phenoxy) is 2. The van der Waals surface area contributed by atoms with Crippen LogP contribution in [0.4, 0.5) is 0 Å². The second-order valence-electron chi connectivity index (χ2n) is 9.07. The lowest BCUT2D eigenvalue weighted by atomic mass is 9.91. The van der Waals surface area contributed by atoms with Gasteiger partial charge in [-0.1, -0.05) is 66.7 Å². The maximum Gasteiger partial charge on any atom is 0.308 e. The highest BCUT2D eigenvalue weighted by Gasteiger charge is 2.20. The van der Waals surface area contributed by atoms with E-state index in [2.05, 4.69) is 72.0 Å². The number of nitrogens with zero attached hydrogens (tertiary/aromatic N) is 2. The molecular formula is C31H34N2O3. The second kappa shape index (κ2) is 12.7. The molecule has 4 aromatic rings. The normalized spacial score (nSPS) is 11.7. The number of hydrogen-bond donors (Lipinski definition) is 0. The van der Waals surface area contributed by atoms with Crippen LogP contribution in [0.15, 0.2) is 91.3 Å². The van der Waals surface area contributed by atoms with Crippen molar-refractivity contribution in [3.63, 3.8) is 0 Å². The molecule has 0 bridgehead atoms. The Balaban J connectivity index is 1.40. The lowest BCUT2D eigenvalue weighted by Gasteiger charge is -2.16. The molecule has 0 aliphatic rings. The highest BCUT2D eigenvalue weighted by Crippen LogP contribution is 2.27. The largest absolute Gasteiger partial charge is 0.497 e. The summed E-state index contributed by atoms with van der Waals surface area (Å²) in [5.74, 6) is 0.622. The van der Waals surface area contributed by atoms with Crippen molar-refractivity contribution in [2.75, 3.05) is 14.2 Å². The van der Waals surface area contributed by atoms with E-state index in [-0.39, 0.29) is 11.9 Å². The number of hydrogen-bond acceptors (Lipinski definition) is 4. The standard InChI is InChI=1S/C31H34N2O3/c1-35-29-19-15-25(16-20-29)22-33-23-28(21-32-33)30-14-7-6-12-26(30)17-18-27(31(34)36-2)13-8-11-24-9-4-3-5-10-24/h3-7,9-10,12,14-16,19-21,23,27H,8,11,13,17-18,22H2,1-2H3. The molecule has 3 aromatic carbocycles. The van der Waals surface area contributed by atoms with Gasteiger partial charge in [-0.3, -0.25) is 9.48 Å². The molecule has 0 spiro atoms. The molecule has 4 rings (SSSR count). The molecule has 0 N–H and O–H groups in total. The first-order valence-electron chi connectivity index (χ1n) is 12.5. The highest BCUT2D eigenvalue weighted by atomic mass is 16.5. The van der Waals surface area contributed by atoms with Crippen molar-refractivity contribution < 1.29 is 14.3 Å². The molecule has 0 amide bonds. The van der Waals surface area contributed by atoms with Crippen molar-refractivity contribution in [2.45, 2.75) is 38.6 Å². The molecule has 1 unspecified atom stereocenters. The van der Waals surface area contributed by atoms with E-state index in [0.717, 1.165) is 54.5 Å². The Morgan fingerprint density at radius 2 is 1.61 bits per heavy atom. The van der Waals surface area contributed by atoms with Crippen molar-refractivity contribution in [1.29, 1.82) is 0 Å². The van der Waals surface area contributed by atoms with Crippen LogP contribution in [0.2, 0.25) is 0 Å². The average Bonchev–Trinajstić information content (AvgIpc) is 3.39. The van der Waals surface area contributed by atoms with Crippen LogP contribution < -0.4 is 4.74 Å². The van der Waals surface area contributed by atoms with Gasteiger partial charge in [0.05, 0.1) is 32.9 Å². The van der Waals surface area contributed by atoms with Gasteiger partial charge in [0.1, 0.15) is 5.75 Å². The third-order valence-electron chi connectivity index (χ3n) is 6.62. The molecule has 1 aromatic heterocycles. The molecule has 186 valence electrons. The van der Waals surface area contributed by atoms with Crippen LogP contribution in [0.1, 0.15) is 36.0 Å². The summed E-state index contributed by atoms with van der Waals surface area (Å²) in [4.78, 5) is 12.5. The first kappa shape index (κ1) is 25.2. The summed E-state index contributed by atoms with van der Waals surface area (Å²) >= 11 is 0. The van der Waals surface area contributed by atoms with Crippen LogP contribution in [0.5, 0.6) is 5.75 Å². The van der Waals surface area contributed by atoms with Gasteiger partial charge in [-0.05, 0) is 66.5 Å². The van der Waals surface area contributed by atoms with Gasteiger partial charge in [0.25, 0.3) is 0 Å². The molecule has 0 radical (unpaired) electrons. The molecule has 0 fully saturated rings. The predicted octanol–water partition coefficient (Wildman–Crippen LogP) is 6.35. The van der Waals surface area contributed by atoms with Crippen LogP contribution in [0.25, 0.3) is 11.1 Å². The van der Waals surface area contributed by atoms with E-state index in [1.807, 2.05) is 29.1 Å². The SMILES string of the molecule is COC(=O)C(CCCc1ccccc1)CCc1ccccc1-c1cnn(Cc2ccc(OC)cc2)c1. The number of benzene rings is 3. The van der Waals surface area contributed by atoms with Gasteiger partial charge in [-0.15, -0.1) is 0 Å². The minimum Gasteiger partial charge on any atom is -0.497 e. The fourth-order valence-electron chi connectivity index (χ4n) is 4.60. The second-order valence-corrected chi connectivity index (χ2v) is 9.07. The van der Waals surface area contributed by atoms with Crippen molar-refractivity contribution in [1.82, 2.24) is 9.78 Å². The third-order valence-corrected chi connectivity index (χ3v) is 6.62. The van der Waals surface area contributed by atoms with Crippen LogP contribution in [-0.4, -0.2) is 30.0 Å². The van der Waals surface area contributed by atoms with E-state index in [0.29, 0.717) is 6.54 Å². The lowest BCUT2D eigenvalue weighted by molar-refractivity contribution is -0.145. The number of rotatable bonds is 12. The molecule has 1 heterocycles. The summed E-state index contributed by atoms with van der Waals surface area (Å²) in [6.45, 7) is 0.692. The number of carbonyl (C=O) groups is 1. The molecular weight excluding hydrogens is 448 g/mol. The monoisotopic (exact) mass is 482 g/mol. The van der Waals surface area contributed by atoms with E-state index >= 15 is 0 Å². The zero-order valence-electron chi connectivity index (χ0n) is 21.1. The maximum atomic E-state index is 12.5. The van der Waals surface area contributed by atoms with Crippen molar-refractivity contribution in [2.24, 2.45) is 5.92 Å². The fourth-order valence-corrected chi connectivity index (χ4v) is 4.60. The fraction of sp³-hybridized carbons (Fsp3) is 0.290. The van der Waals surface area contributed by atoms with Crippen LogP contribution in [-0.2, 0) is 28.9 Å². The smallest absolute Gasteiger partial charge is 0.308 e. The molecule has 5 heteroatoms. The molecule has 0 aliphatic heterocycles. The zero-order valence-corrected chi connectivity index (χ0v) is 21.1. The van der Waals surface area contributed by atoms with Gasteiger partial charge in [-0.25, -0.2) is 0 Å². The summed E-state index contributed by atoms with van der Waals surface area (Å²) in [7, 11) is 3.15. The number of aromatic nitrogens is 2. The molecule has 0 aliphatic carbocycles. The van der Waals surface area contributed by atoms with E-state index in [4.69, 9.17) is 9.47 Å². The summed E-state index contributed by atoms with van der Waals surface area (Å²) < 4.78 is 12.3. The minimum atomic E-state index is -0.118. The quantitative estimate of drug-likeness (QED) is 0.221. The predicted molar refractivity (Wildman–Crippen MR) is 143 cm³/mol. The maximum absolute atomic E-state index is 12.5. The average molecular weight is 483 g/mol. The van der Waals surface area contributed by atoms with Crippen molar-refractivity contribution in [3.05, 3.63) is 108 Å². The highest BCUT2D eigenvalue weighted by molar-refractivity contribution is 5.72. The third kappa shape index (κ3) is 6.85. The Labute approximate surface area is 213 Å². The number of esters is 1. The lowest BCUT2D eigenvalue weighted by Crippen LogP contribution is -2.17. The van der Waals surface area contributed by atoms with Gasteiger partial charge >= 0.3 is 5.97 Å². The van der Waals surface area contributed by atoms with E-state index in [9.17, 15) is 4.79 Å². The van der Waals surface area contributed by atoms with Crippen LogP contribution >= 0.6 is 0 Å². The Hall–Kier alpha value is -3.86. The zero-order chi connectivity index (χ0) is 25.2. The first-order chi connectivity index (χ1) is 17.7. The first-order valence-corrected chi connectivity index (χ1v) is 12.5. The summed E-state index contributed by atoms with van der Waals surface area (Å²) in [6.07, 6.45) is 8.33. The molecule has 5 nitrogen and oxygen atoms in total. The Kier molecular flexibility index (Phi) is 8.92. The molecule has 0 saturated heterocycles. The Bertz CT molecular complexity index is 1230. The summed E-state index contributed by atoms with van der Waals surface area (Å²) in [6, 6.07) is 26.8. The van der Waals surface area contributed by atoms with Gasteiger partial charge < -0.3 is 9.47 Å². The van der Waals surface area contributed by atoms with E-state index in [1.54, 1.807) is 7.11 Å². The minimum absolute atomic E-state index is 0.107. The molecule has 36 heavy (non-hydrogen) atoms. The van der Waals surface area contributed by atoms with Crippen molar-refractivity contribution in [3.8, 4) is 16.9 Å². The number of methoxy groups -OCH3 is 2. The van der Waals surface area contributed by atoms with E-state index in [1.165, 1.54) is 18.2 Å². The van der Waals surface area contributed by atoms with Gasteiger partial charge in [0.15, 0.2) is 0 Å². The van der Waals surface area contributed by atoms with Crippen molar-refractivity contribution >= 4 is 5.97 Å². The number of carbonyl (C=O) groups excluding carboxylic acids is 1. The molecule has 1 atom stereocenters. The van der Waals surface area contributed by atoms with E-state index < -0.39 is 0 Å². The molecule has 0 saturated carbocycles. The topological polar surface area (TPSA) is 53.3 Å². The number of aryl methyl sites for hydroxylation is 2. The Morgan fingerprint density at radius 3 is 2.36 bits per heavy atom. The Morgan fingerprint density at radius 1 is 0.861 bits per heavy atom. The van der Waals surface area contributed by atoms with Gasteiger partial charge in [0, 0.05) is 11.8 Å². The van der Waals surface area contributed by atoms with Crippen LogP contribution in [0, 0.1) is 5.92 Å². The summed E-state index contributed by atoms with van der Waals surface area (Å²) in [5.41, 5.74) is 5.93. The van der Waals surface area contributed by atoms with Gasteiger partial charge in [0.2, 0.25) is 0 Å². The van der Waals surface area contributed by atoms with Crippen LogP contribution in [0.3, 0.4) is 0 Å². The van der Waals surface area contributed by atoms with Gasteiger partial charge in [-0.2, -0.15) is 5.10 Å².